The van der Waals surface area contributed by atoms with Crippen molar-refractivity contribution in [3.8, 4) is 0 Å². The molecule has 4 rings (SSSR count). The molecule has 0 aliphatic rings. The van der Waals surface area contributed by atoms with Crippen molar-refractivity contribution < 1.29 is 33.7 Å². The van der Waals surface area contributed by atoms with Crippen LogP contribution >= 0.6 is 0 Å². The van der Waals surface area contributed by atoms with Gasteiger partial charge in [-0.25, -0.2) is 33.7 Å². The van der Waals surface area contributed by atoms with E-state index in [4.69, 9.17) is 0 Å². The average molecular weight is 747 g/mol. The molecule has 49 heavy (non-hydrogen) atoms. The first-order valence-corrected chi connectivity index (χ1v) is 21.5. The molecule has 0 N–H and O–H groups in total. The number of benzene rings is 4. The second kappa shape index (κ2) is 14.8. The van der Waals surface area contributed by atoms with Crippen molar-refractivity contribution in [3.05, 3.63) is 119 Å². The van der Waals surface area contributed by atoms with E-state index in [9.17, 15) is 33.7 Å². The molecule has 0 radical (unpaired) electrons. The van der Waals surface area contributed by atoms with Gasteiger partial charge in [0.05, 0.1) is 31.7 Å². The molecule has 14 heteroatoms. The predicted octanol–water partition coefficient (Wildman–Crippen LogP) is 6.33. The maximum absolute atomic E-state index is 14.6. The number of rotatable bonds is 14. The Morgan fingerprint density at radius 1 is 0.449 bits per heavy atom. The van der Waals surface area contributed by atoms with Crippen LogP contribution in [0.15, 0.2) is 117 Å². The molecule has 0 aliphatic carbocycles. The molecule has 2 atom stereocenters. The molecule has 4 aromatic carbocycles. The Morgan fingerprint density at radius 3 is 0.939 bits per heavy atom. The van der Waals surface area contributed by atoms with Gasteiger partial charge in [0.2, 0.25) is 0 Å². The Hall–Kier alpha value is -3.40. The van der Waals surface area contributed by atoms with Crippen LogP contribution in [-0.2, 0) is 40.1 Å². The number of hydrogen-bond acceptors (Lipinski definition) is 8. The van der Waals surface area contributed by atoms with E-state index in [2.05, 4.69) is 0 Å². The molecule has 0 saturated heterocycles. The first-order valence-electron chi connectivity index (χ1n) is 15.7. The van der Waals surface area contributed by atoms with Crippen LogP contribution in [-0.4, -0.2) is 53.2 Å². The lowest BCUT2D eigenvalue weighted by Gasteiger charge is -2.38. The lowest BCUT2D eigenvalue weighted by Crippen LogP contribution is -2.57. The van der Waals surface area contributed by atoms with Gasteiger partial charge in [-0.3, -0.25) is 0 Å². The Labute approximate surface area is 291 Å². The maximum Gasteiger partial charge on any atom is 0.256 e. The summed E-state index contributed by atoms with van der Waals surface area (Å²) in [5.74, 6) is 0. The van der Waals surface area contributed by atoms with Gasteiger partial charge >= 0.3 is 0 Å². The van der Waals surface area contributed by atoms with Gasteiger partial charge < -0.3 is 0 Å². The molecule has 10 nitrogen and oxygen atoms in total. The fourth-order valence-corrected chi connectivity index (χ4v) is 13.7. The van der Waals surface area contributed by atoms with Crippen molar-refractivity contribution in [2.24, 2.45) is 0 Å². The Balaban J connectivity index is 2.07. The summed E-state index contributed by atoms with van der Waals surface area (Å²) < 4.78 is 117. The van der Waals surface area contributed by atoms with E-state index >= 15 is 0 Å². The fourth-order valence-electron chi connectivity index (χ4n) is 5.39. The second-order valence-electron chi connectivity index (χ2n) is 12.2. The van der Waals surface area contributed by atoms with Crippen molar-refractivity contribution in [1.29, 1.82) is 0 Å². The van der Waals surface area contributed by atoms with Crippen LogP contribution in [0.4, 0.5) is 0 Å². The van der Waals surface area contributed by atoms with Gasteiger partial charge in [-0.2, -0.15) is 0 Å². The third kappa shape index (κ3) is 8.00. The molecular weight excluding hydrogens is 705 g/mol. The third-order valence-corrected chi connectivity index (χ3v) is 17.2. The highest BCUT2D eigenvalue weighted by Crippen LogP contribution is 2.36. The Bertz CT molecular complexity index is 2050. The lowest BCUT2D eigenvalue weighted by molar-refractivity contribution is 0.289. The summed E-state index contributed by atoms with van der Waals surface area (Å²) in [4.78, 5) is -1.41. The van der Waals surface area contributed by atoms with Gasteiger partial charge in [-0.05, 0) is 89.6 Å². The van der Waals surface area contributed by atoms with Crippen LogP contribution in [0.25, 0.3) is 0 Å². The van der Waals surface area contributed by atoms with Crippen molar-refractivity contribution in [2.75, 3.05) is 0 Å². The molecule has 0 bridgehead atoms. The summed E-state index contributed by atoms with van der Waals surface area (Å²) in [5, 5.41) is 0. The maximum atomic E-state index is 14.6. The highest BCUT2D eigenvalue weighted by molar-refractivity contribution is 8.04. The number of unbranched alkanes of at least 4 members (excludes halogenated alkanes) is 1. The fraction of sp³-hybridized carbons (Fsp3) is 0.314. The summed E-state index contributed by atoms with van der Waals surface area (Å²) in [6, 6.07) is 18.8. The van der Waals surface area contributed by atoms with Gasteiger partial charge in [-0.15, -0.1) is 0 Å². The van der Waals surface area contributed by atoms with Crippen LogP contribution in [0.2, 0.25) is 0 Å². The molecule has 0 aliphatic heterocycles. The van der Waals surface area contributed by atoms with Gasteiger partial charge in [0.1, 0.15) is 0 Å². The van der Waals surface area contributed by atoms with Gasteiger partial charge in [0.25, 0.3) is 40.1 Å². The van der Waals surface area contributed by atoms with E-state index in [0.717, 1.165) is 22.3 Å². The quantitative estimate of drug-likeness (QED) is 0.146. The highest BCUT2D eigenvalue weighted by atomic mass is 32.3. The zero-order valence-electron chi connectivity index (χ0n) is 28.3. The standard InChI is InChI=1S/C35H42N2O8S4/c1-7-8-9-35(37(48(42,43)33-22-14-28(4)15-23-33)49(44,45)34-24-16-29(5)17-25-34)30(6)36(46(38,39)31-18-10-26(2)11-19-31)47(40,41)32-20-12-27(3)13-21-32/h10-25,30,35H,7-9H2,1-6H3/t30-,35-/m1/s1. The van der Waals surface area contributed by atoms with E-state index in [1.807, 2.05) is 0 Å². The molecule has 0 amide bonds. The van der Waals surface area contributed by atoms with Crippen molar-refractivity contribution in [3.63, 3.8) is 0 Å². The SMILES string of the molecule is CCCC[C@H]([C@@H](C)N(S(=O)(=O)c1ccc(C)cc1)S(=O)(=O)c1ccc(C)cc1)N(S(=O)(=O)c1ccc(C)cc1)S(=O)(=O)c1ccc(C)cc1. The zero-order valence-corrected chi connectivity index (χ0v) is 31.6. The van der Waals surface area contributed by atoms with E-state index in [1.54, 1.807) is 34.6 Å². The molecular formula is C35H42N2O8S4. The summed E-state index contributed by atoms with van der Waals surface area (Å²) in [7, 11) is -19.8. The van der Waals surface area contributed by atoms with Crippen LogP contribution in [0, 0.1) is 27.7 Å². The normalized spacial score (nSPS) is 14.2. The number of nitrogens with zero attached hydrogens (tertiary/aromatic N) is 2. The zero-order chi connectivity index (χ0) is 36.4. The van der Waals surface area contributed by atoms with Crippen LogP contribution in [0.1, 0.15) is 55.4 Å². The monoisotopic (exact) mass is 746 g/mol. The first-order chi connectivity index (χ1) is 22.8. The highest BCUT2D eigenvalue weighted by Gasteiger charge is 2.50. The molecule has 0 heterocycles. The summed E-state index contributed by atoms with van der Waals surface area (Å²) in [6.45, 7) is 10.0. The van der Waals surface area contributed by atoms with E-state index in [1.165, 1.54) is 104 Å². The summed E-state index contributed by atoms with van der Waals surface area (Å²) >= 11 is 0. The van der Waals surface area contributed by atoms with Gasteiger partial charge in [0.15, 0.2) is 0 Å². The van der Waals surface area contributed by atoms with Gasteiger partial charge in [-0.1, -0.05) is 98.0 Å². The molecule has 0 unspecified atom stereocenters. The van der Waals surface area contributed by atoms with E-state index in [-0.39, 0.29) is 36.1 Å². The second-order valence-corrected chi connectivity index (χ2v) is 19.9. The van der Waals surface area contributed by atoms with Gasteiger partial charge in [0, 0.05) is 0 Å². The molecule has 0 aromatic heterocycles. The van der Waals surface area contributed by atoms with Crippen LogP contribution in [0.3, 0.4) is 0 Å². The van der Waals surface area contributed by atoms with Crippen molar-refractivity contribution in [1.82, 2.24) is 7.42 Å². The minimum atomic E-state index is -4.94. The molecule has 0 spiro atoms. The Morgan fingerprint density at radius 2 is 0.694 bits per heavy atom. The predicted molar refractivity (Wildman–Crippen MR) is 190 cm³/mol. The van der Waals surface area contributed by atoms with Crippen molar-refractivity contribution in [2.45, 2.75) is 92.5 Å². The number of aryl methyl sites for hydroxylation is 4. The molecule has 4 aromatic rings. The van der Waals surface area contributed by atoms with Crippen LogP contribution in [0.5, 0.6) is 0 Å². The lowest BCUT2D eigenvalue weighted by atomic mass is 10.1. The van der Waals surface area contributed by atoms with Crippen LogP contribution < -0.4 is 0 Å². The topological polar surface area (TPSA) is 143 Å². The largest absolute Gasteiger partial charge is 0.256 e. The summed E-state index contributed by atoms with van der Waals surface area (Å²) in [5.41, 5.74) is 2.89. The molecule has 0 fully saturated rings. The molecule has 0 saturated carbocycles. The van der Waals surface area contributed by atoms with Crippen molar-refractivity contribution >= 4 is 40.1 Å². The minimum Gasteiger partial charge on any atom is -0.206 e. The van der Waals surface area contributed by atoms with E-state index < -0.39 is 52.2 Å². The summed E-state index contributed by atoms with van der Waals surface area (Å²) in [6.07, 6.45) is 0.542. The minimum absolute atomic E-state index is 0.183. The number of hydrogen-bond donors (Lipinski definition) is 0. The molecule has 264 valence electrons. The first kappa shape index (κ1) is 38.4. The third-order valence-electron chi connectivity index (χ3n) is 8.24. The smallest absolute Gasteiger partial charge is 0.206 e. The van der Waals surface area contributed by atoms with E-state index in [0.29, 0.717) is 10.1 Å². The Kier molecular flexibility index (Phi) is 11.6. The number of sulfonamides is 4. The average Bonchev–Trinajstić information content (AvgIpc) is 3.03.